The number of hydrogen-bond donors (Lipinski definition) is 2. The van der Waals surface area contributed by atoms with Gasteiger partial charge in [0.25, 0.3) is 0 Å². The molecule has 0 aromatic rings. The molecule has 1 heterocycles. The smallest absolute Gasteiger partial charge is 0.316 e. The number of nitrogens with one attached hydrogen (secondary N) is 1. The van der Waals surface area contributed by atoms with Gasteiger partial charge in [0.15, 0.2) is 0 Å². The van der Waals surface area contributed by atoms with Crippen LogP contribution in [0.25, 0.3) is 0 Å². The average molecular weight is 286 g/mol. The molecule has 0 spiro atoms. The number of carboxylic acid groups (broad SMARTS) is 1. The summed E-state index contributed by atoms with van der Waals surface area (Å²) in [6.07, 6.45) is 0. The Kier molecular flexibility index (Phi) is 5.10. The van der Waals surface area contributed by atoms with Crippen molar-refractivity contribution in [2.24, 2.45) is 11.3 Å². The average Bonchev–Trinajstić information content (AvgIpc) is 2.35. The highest BCUT2D eigenvalue weighted by atomic mass is 16.5. The zero-order valence-electron chi connectivity index (χ0n) is 12.3. The Morgan fingerprint density at radius 1 is 1.35 bits per heavy atom. The van der Waals surface area contributed by atoms with Crippen LogP contribution >= 0.6 is 0 Å². The van der Waals surface area contributed by atoms with Crippen molar-refractivity contribution in [3.8, 4) is 0 Å². The van der Waals surface area contributed by atoms with Crippen molar-refractivity contribution < 1.29 is 24.2 Å². The molecule has 2 atom stereocenters. The van der Waals surface area contributed by atoms with E-state index in [1.54, 1.807) is 20.8 Å². The molecule has 1 saturated heterocycles. The Balaban J connectivity index is 3.02. The van der Waals surface area contributed by atoms with Gasteiger partial charge in [-0.15, -0.1) is 0 Å². The maximum atomic E-state index is 12.5. The first-order chi connectivity index (χ1) is 9.20. The van der Waals surface area contributed by atoms with Crippen molar-refractivity contribution in [3.63, 3.8) is 0 Å². The molecular weight excluding hydrogens is 264 g/mol. The quantitative estimate of drug-likeness (QED) is 0.695. The molecule has 114 valence electrons. The molecule has 1 rings (SSSR count). The minimum atomic E-state index is -1.19. The molecule has 1 fully saturated rings. The highest BCUT2D eigenvalue weighted by molar-refractivity contribution is 5.99. The van der Waals surface area contributed by atoms with Gasteiger partial charge >= 0.3 is 5.97 Å². The van der Waals surface area contributed by atoms with Crippen LogP contribution in [0.1, 0.15) is 20.8 Å². The Bertz CT molecular complexity index is 402. The lowest BCUT2D eigenvalue weighted by atomic mass is 9.79. The van der Waals surface area contributed by atoms with E-state index in [1.165, 1.54) is 11.9 Å². The molecule has 0 aromatic carbocycles. The van der Waals surface area contributed by atoms with Gasteiger partial charge in [0.05, 0.1) is 13.2 Å². The monoisotopic (exact) mass is 286 g/mol. The second-order valence-corrected chi connectivity index (χ2v) is 5.87. The largest absolute Gasteiger partial charge is 0.481 e. The number of hydrogen-bond acceptors (Lipinski definition) is 4. The van der Waals surface area contributed by atoms with Gasteiger partial charge in [0.2, 0.25) is 11.8 Å². The lowest BCUT2D eigenvalue weighted by Gasteiger charge is -2.38. The summed E-state index contributed by atoms with van der Waals surface area (Å²) in [6.45, 7) is 5.69. The maximum absolute atomic E-state index is 12.5. The van der Waals surface area contributed by atoms with E-state index in [4.69, 9.17) is 4.74 Å². The molecule has 0 bridgehead atoms. The topological polar surface area (TPSA) is 95.9 Å². The molecule has 0 aliphatic carbocycles. The van der Waals surface area contributed by atoms with E-state index < -0.39 is 29.3 Å². The fourth-order valence-electron chi connectivity index (χ4n) is 2.26. The lowest BCUT2D eigenvalue weighted by Crippen LogP contribution is -2.58. The first-order valence-electron chi connectivity index (χ1n) is 6.52. The van der Waals surface area contributed by atoms with E-state index in [0.29, 0.717) is 6.61 Å². The molecule has 0 radical (unpaired) electrons. The SMILES string of the molecule is CNC(=O)C1COCCN1C(=O)C(C(=O)O)C(C)(C)C. The number of morpholine rings is 1. The number of carbonyl (C=O) groups is 3. The highest BCUT2D eigenvalue weighted by Gasteiger charge is 2.44. The minimum Gasteiger partial charge on any atom is -0.481 e. The lowest BCUT2D eigenvalue weighted by molar-refractivity contribution is -0.163. The van der Waals surface area contributed by atoms with Gasteiger partial charge < -0.3 is 20.1 Å². The molecule has 2 unspecified atom stereocenters. The van der Waals surface area contributed by atoms with E-state index in [-0.39, 0.29) is 19.1 Å². The first kappa shape index (κ1) is 16.4. The molecule has 0 aromatic heterocycles. The van der Waals surface area contributed by atoms with Crippen LogP contribution in [0.5, 0.6) is 0 Å². The number of nitrogens with zero attached hydrogens (tertiary/aromatic N) is 1. The maximum Gasteiger partial charge on any atom is 0.316 e. The van der Waals surface area contributed by atoms with E-state index >= 15 is 0 Å². The van der Waals surface area contributed by atoms with Crippen LogP contribution in [0.2, 0.25) is 0 Å². The van der Waals surface area contributed by atoms with Crippen LogP contribution in [0.4, 0.5) is 0 Å². The van der Waals surface area contributed by atoms with Gasteiger partial charge in [0.1, 0.15) is 12.0 Å². The van der Waals surface area contributed by atoms with Crippen LogP contribution in [-0.2, 0) is 19.1 Å². The second kappa shape index (κ2) is 6.21. The number of amides is 2. The summed E-state index contributed by atoms with van der Waals surface area (Å²) >= 11 is 0. The third-order valence-electron chi connectivity index (χ3n) is 3.32. The zero-order valence-corrected chi connectivity index (χ0v) is 12.3. The standard InChI is InChI=1S/C13H22N2O5/c1-13(2,3)9(12(18)19)11(17)15-5-6-20-7-8(15)10(16)14-4/h8-9H,5-7H2,1-4H3,(H,14,16)(H,18,19). The summed E-state index contributed by atoms with van der Waals surface area (Å²) in [5, 5.41) is 11.8. The highest BCUT2D eigenvalue weighted by Crippen LogP contribution is 2.29. The number of aliphatic carboxylic acids is 1. The Morgan fingerprint density at radius 3 is 2.40 bits per heavy atom. The summed E-state index contributed by atoms with van der Waals surface area (Å²) in [6, 6.07) is -0.773. The summed E-state index contributed by atoms with van der Waals surface area (Å²) in [5.41, 5.74) is -0.728. The third-order valence-corrected chi connectivity index (χ3v) is 3.32. The minimum absolute atomic E-state index is 0.0852. The fourth-order valence-corrected chi connectivity index (χ4v) is 2.26. The van der Waals surface area contributed by atoms with Gasteiger partial charge in [-0.1, -0.05) is 20.8 Å². The Labute approximate surface area is 118 Å². The Hall–Kier alpha value is -1.63. The number of carbonyl (C=O) groups excluding carboxylic acids is 2. The summed E-state index contributed by atoms with van der Waals surface area (Å²) in [7, 11) is 1.47. The Morgan fingerprint density at radius 2 is 1.95 bits per heavy atom. The number of rotatable bonds is 3. The van der Waals surface area contributed by atoms with Gasteiger partial charge in [-0.2, -0.15) is 0 Å². The molecule has 20 heavy (non-hydrogen) atoms. The van der Waals surface area contributed by atoms with Crippen molar-refractivity contribution in [2.75, 3.05) is 26.8 Å². The van der Waals surface area contributed by atoms with Crippen LogP contribution in [-0.4, -0.2) is 60.6 Å². The molecule has 2 N–H and O–H groups in total. The van der Waals surface area contributed by atoms with Crippen LogP contribution in [0.15, 0.2) is 0 Å². The third kappa shape index (κ3) is 3.47. The van der Waals surface area contributed by atoms with Crippen molar-refractivity contribution in [3.05, 3.63) is 0 Å². The number of carboxylic acids is 1. The van der Waals surface area contributed by atoms with Gasteiger partial charge in [-0.05, 0) is 5.41 Å². The first-order valence-corrected chi connectivity index (χ1v) is 6.52. The van der Waals surface area contributed by atoms with Crippen molar-refractivity contribution >= 4 is 17.8 Å². The van der Waals surface area contributed by atoms with Crippen LogP contribution < -0.4 is 5.32 Å². The molecule has 2 amide bonds. The van der Waals surface area contributed by atoms with Crippen molar-refractivity contribution in [1.82, 2.24) is 10.2 Å². The van der Waals surface area contributed by atoms with Gasteiger partial charge in [-0.25, -0.2) is 0 Å². The van der Waals surface area contributed by atoms with Crippen molar-refractivity contribution in [2.45, 2.75) is 26.8 Å². The van der Waals surface area contributed by atoms with E-state index in [9.17, 15) is 19.5 Å². The van der Waals surface area contributed by atoms with E-state index in [1.807, 2.05) is 0 Å². The molecule has 1 aliphatic rings. The molecule has 7 nitrogen and oxygen atoms in total. The van der Waals surface area contributed by atoms with E-state index in [2.05, 4.69) is 5.32 Å². The molecule has 1 aliphatic heterocycles. The van der Waals surface area contributed by atoms with Gasteiger partial charge in [0, 0.05) is 13.6 Å². The second-order valence-electron chi connectivity index (χ2n) is 5.87. The zero-order chi connectivity index (χ0) is 15.5. The van der Waals surface area contributed by atoms with E-state index in [0.717, 1.165) is 0 Å². The summed E-state index contributed by atoms with van der Waals surface area (Å²) in [4.78, 5) is 37.0. The van der Waals surface area contributed by atoms with Gasteiger partial charge in [-0.3, -0.25) is 14.4 Å². The molecule has 0 saturated carbocycles. The fraction of sp³-hybridized carbons (Fsp3) is 0.769. The number of ether oxygens (including phenoxy) is 1. The van der Waals surface area contributed by atoms with Crippen LogP contribution in [0.3, 0.4) is 0 Å². The summed E-state index contributed by atoms with van der Waals surface area (Å²) < 4.78 is 5.21. The van der Waals surface area contributed by atoms with Crippen LogP contribution in [0, 0.1) is 11.3 Å². The molecular formula is C13H22N2O5. The normalized spacial score (nSPS) is 21.2. The summed E-state index contributed by atoms with van der Waals surface area (Å²) in [5.74, 6) is -3.25. The predicted octanol–water partition coefficient (Wildman–Crippen LogP) is -0.293. The van der Waals surface area contributed by atoms with Crippen molar-refractivity contribution in [1.29, 1.82) is 0 Å². The number of likely N-dealkylation sites (N-methyl/N-ethyl adjacent to an activating group) is 1. The molecule has 7 heteroatoms. The predicted molar refractivity (Wildman–Crippen MR) is 71.0 cm³/mol.